The predicted octanol–water partition coefficient (Wildman–Crippen LogP) is 2.71. The average molecular weight is 277 g/mol. The first-order valence-electron chi connectivity index (χ1n) is 5.96. The van der Waals surface area contributed by atoms with Gasteiger partial charge in [-0.15, -0.1) is 10.2 Å². The van der Waals surface area contributed by atoms with Crippen LogP contribution in [-0.4, -0.2) is 16.1 Å². The lowest BCUT2D eigenvalue weighted by atomic mass is 10.2. The molecule has 1 aromatic carbocycles. The molecule has 5 nitrogen and oxygen atoms in total. The molecule has 6 heteroatoms. The van der Waals surface area contributed by atoms with Crippen LogP contribution >= 0.6 is 11.3 Å². The first-order chi connectivity index (χ1) is 9.15. The van der Waals surface area contributed by atoms with E-state index in [-0.39, 0.29) is 11.8 Å². The lowest BCUT2D eigenvalue weighted by Gasteiger charge is -2.03. The number of amides is 1. The van der Waals surface area contributed by atoms with Crippen molar-refractivity contribution in [1.82, 2.24) is 10.2 Å². The van der Waals surface area contributed by atoms with Crippen molar-refractivity contribution in [1.29, 1.82) is 0 Å². The number of benzene rings is 1. The highest BCUT2D eigenvalue weighted by atomic mass is 32.1. The maximum Gasteiger partial charge on any atom is 0.228 e. The molecule has 1 amide bonds. The molecule has 0 aliphatic carbocycles. The van der Waals surface area contributed by atoms with Gasteiger partial charge in [0.05, 0.1) is 0 Å². The van der Waals surface area contributed by atoms with Gasteiger partial charge in [0, 0.05) is 5.92 Å². The Labute approximate surface area is 115 Å². The molecule has 0 unspecified atom stereocenters. The summed E-state index contributed by atoms with van der Waals surface area (Å²) in [6, 6.07) is 9.50. The number of carbonyl (C=O) groups excluding carboxylic acids is 1. The molecule has 1 aromatic heterocycles. The highest BCUT2D eigenvalue weighted by molar-refractivity contribution is 7.15. The lowest BCUT2D eigenvalue weighted by molar-refractivity contribution is -0.118. The van der Waals surface area contributed by atoms with E-state index in [0.717, 1.165) is 10.8 Å². The zero-order chi connectivity index (χ0) is 13.7. The van der Waals surface area contributed by atoms with E-state index in [9.17, 15) is 4.79 Å². The molecule has 1 N–H and O–H groups in total. The van der Waals surface area contributed by atoms with Gasteiger partial charge in [-0.3, -0.25) is 4.79 Å². The molecule has 0 bridgehead atoms. The highest BCUT2D eigenvalue weighted by Crippen LogP contribution is 2.18. The van der Waals surface area contributed by atoms with E-state index in [4.69, 9.17) is 4.74 Å². The van der Waals surface area contributed by atoms with Gasteiger partial charge in [0.1, 0.15) is 12.4 Å². The van der Waals surface area contributed by atoms with Crippen LogP contribution < -0.4 is 10.1 Å². The fraction of sp³-hybridized carbons (Fsp3) is 0.308. The van der Waals surface area contributed by atoms with Gasteiger partial charge >= 0.3 is 0 Å². The second kappa shape index (κ2) is 6.29. The molecular weight excluding hydrogens is 262 g/mol. The van der Waals surface area contributed by atoms with E-state index in [1.54, 1.807) is 0 Å². The summed E-state index contributed by atoms with van der Waals surface area (Å²) >= 11 is 1.32. The van der Waals surface area contributed by atoms with Crippen molar-refractivity contribution >= 4 is 22.4 Å². The van der Waals surface area contributed by atoms with Gasteiger partial charge in [0.25, 0.3) is 0 Å². The largest absolute Gasteiger partial charge is 0.486 e. The second-order valence-electron chi connectivity index (χ2n) is 4.25. The maximum absolute atomic E-state index is 11.5. The molecule has 2 aromatic rings. The number of carbonyl (C=O) groups is 1. The van der Waals surface area contributed by atoms with Crippen LogP contribution in [0.15, 0.2) is 30.3 Å². The van der Waals surface area contributed by atoms with Crippen molar-refractivity contribution in [2.24, 2.45) is 5.92 Å². The molecule has 0 aliphatic rings. The molecule has 2 rings (SSSR count). The van der Waals surface area contributed by atoms with E-state index >= 15 is 0 Å². The van der Waals surface area contributed by atoms with Gasteiger partial charge in [0.15, 0.2) is 5.01 Å². The molecular formula is C13H15N3O2S. The smallest absolute Gasteiger partial charge is 0.228 e. The SMILES string of the molecule is CC(C)C(=O)Nc1nnc(COc2ccccc2)s1. The number of hydrogen-bond donors (Lipinski definition) is 1. The lowest BCUT2D eigenvalue weighted by Crippen LogP contribution is -2.17. The highest BCUT2D eigenvalue weighted by Gasteiger charge is 2.11. The Hall–Kier alpha value is -1.95. The van der Waals surface area contributed by atoms with E-state index in [1.165, 1.54) is 11.3 Å². The van der Waals surface area contributed by atoms with E-state index in [2.05, 4.69) is 15.5 Å². The van der Waals surface area contributed by atoms with Crippen molar-refractivity contribution in [3.63, 3.8) is 0 Å². The number of hydrogen-bond acceptors (Lipinski definition) is 5. The number of aromatic nitrogens is 2. The molecule has 0 radical (unpaired) electrons. The quantitative estimate of drug-likeness (QED) is 0.912. The summed E-state index contributed by atoms with van der Waals surface area (Å²) in [5.41, 5.74) is 0. The number of nitrogens with zero attached hydrogens (tertiary/aromatic N) is 2. The molecule has 0 saturated carbocycles. The predicted molar refractivity (Wildman–Crippen MR) is 74.2 cm³/mol. The number of ether oxygens (including phenoxy) is 1. The van der Waals surface area contributed by atoms with Gasteiger partial charge < -0.3 is 10.1 Å². The third-order valence-corrected chi connectivity index (χ3v) is 3.14. The van der Waals surface area contributed by atoms with Crippen LogP contribution in [0.5, 0.6) is 5.75 Å². The van der Waals surface area contributed by atoms with Crippen molar-refractivity contribution in [3.8, 4) is 5.75 Å². The van der Waals surface area contributed by atoms with Crippen molar-refractivity contribution in [2.75, 3.05) is 5.32 Å². The summed E-state index contributed by atoms with van der Waals surface area (Å²) in [6.07, 6.45) is 0. The Balaban J connectivity index is 1.89. The summed E-state index contributed by atoms with van der Waals surface area (Å²) in [5, 5.41) is 11.8. The Morgan fingerprint density at radius 1 is 1.32 bits per heavy atom. The molecule has 0 fully saturated rings. The minimum atomic E-state index is -0.0760. The van der Waals surface area contributed by atoms with Gasteiger partial charge in [0.2, 0.25) is 11.0 Å². The van der Waals surface area contributed by atoms with Crippen molar-refractivity contribution in [2.45, 2.75) is 20.5 Å². The maximum atomic E-state index is 11.5. The number of rotatable bonds is 5. The average Bonchev–Trinajstić information content (AvgIpc) is 2.85. The fourth-order valence-electron chi connectivity index (χ4n) is 1.27. The van der Waals surface area contributed by atoms with Crippen LogP contribution in [-0.2, 0) is 11.4 Å². The van der Waals surface area contributed by atoms with Gasteiger partial charge in [-0.2, -0.15) is 0 Å². The van der Waals surface area contributed by atoms with Crippen molar-refractivity contribution in [3.05, 3.63) is 35.3 Å². The topological polar surface area (TPSA) is 64.1 Å². The van der Waals surface area contributed by atoms with E-state index in [1.807, 2.05) is 44.2 Å². The summed E-state index contributed by atoms with van der Waals surface area (Å²) in [6.45, 7) is 4.00. The van der Waals surface area contributed by atoms with E-state index < -0.39 is 0 Å². The van der Waals surface area contributed by atoms with Gasteiger partial charge in [-0.25, -0.2) is 0 Å². The van der Waals surface area contributed by atoms with Crippen LogP contribution in [0.25, 0.3) is 0 Å². The van der Waals surface area contributed by atoms with Crippen LogP contribution in [0, 0.1) is 5.92 Å². The molecule has 0 aliphatic heterocycles. The normalized spacial score (nSPS) is 10.5. The number of nitrogens with one attached hydrogen (secondary N) is 1. The van der Waals surface area contributed by atoms with Gasteiger partial charge in [-0.1, -0.05) is 43.4 Å². The molecule has 0 atom stereocenters. The molecule has 0 spiro atoms. The van der Waals surface area contributed by atoms with Crippen LogP contribution in [0.2, 0.25) is 0 Å². The Kier molecular flexibility index (Phi) is 4.46. The zero-order valence-electron chi connectivity index (χ0n) is 10.8. The van der Waals surface area contributed by atoms with Crippen LogP contribution in [0.1, 0.15) is 18.9 Å². The Morgan fingerprint density at radius 2 is 2.05 bits per heavy atom. The number of para-hydroxylation sites is 1. The summed E-state index contributed by atoms with van der Waals surface area (Å²) in [4.78, 5) is 11.5. The van der Waals surface area contributed by atoms with E-state index in [0.29, 0.717) is 11.7 Å². The zero-order valence-corrected chi connectivity index (χ0v) is 11.6. The van der Waals surface area contributed by atoms with Crippen molar-refractivity contribution < 1.29 is 9.53 Å². The van der Waals surface area contributed by atoms with Gasteiger partial charge in [-0.05, 0) is 12.1 Å². The fourth-order valence-corrected chi connectivity index (χ4v) is 1.93. The van der Waals surface area contributed by atoms with Crippen LogP contribution in [0.4, 0.5) is 5.13 Å². The first kappa shape index (κ1) is 13.5. The third kappa shape index (κ3) is 4.03. The Bertz CT molecular complexity index is 540. The third-order valence-electron chi connectivity index (χ3n) is 2.33. The first-order valence-corrected chi connectivity index (χ1v) is 6.78. The molecule has 100 valence electrons. The Morgan fingerprint density at radius 3 is 2.74 bits per heavy atom. The van der Waals surface area contributed by atoms with Crippen LogP contribution in [0.3, 0.4) is 0 Å². The summed E-state index contributed by atoms with van der Waals surface area (Å²) in [7, 11) is 0. The molecule has 0 saturated heterocycles. The minimum Gasteiger partial charge on any atom is -0.486 e. The standard InChI is InChI=1S/C13H15N3O2S/c1-9(2)12(17)14-13-16-15-11(19-13)8-18-10-6-4-3-5-7-10/h3-7,9H,8H2,1-2H3,(H,14,16,17). The second-order valence-corrected chi connectivity index (χ2v) is 5.31. The number of anilines is 1. The molecule has 19 heavy (non-hydrogen) atoms. The minimum absolute atomic E-state index is 0.0633. The monoisotopic (exact) mass is 277 g/mol. The summed E-state index contributed by atoms with van der Waals surface area (Å²) in [5.74, 6) is 0.644. The summed E-state index contributed by atoms with van der Waals surface area (Å²) < 4.78 is 5.55. The molecule has 1 heterocycles.